The molecule has 18 heavy (non-hydrogen) atoms. The first-order valence-corrected chi connectivity index (χ1v) is 4.69. The van der Waals surface area contributed by atoms with Crippen LogP contribution in [-0.4, -0.2) is 23.9 Å². The van der Waals surface area contributed by atoms with Gasteiger partial charge in [0.2, 0.25) is 0 Å². The van der Waals surface area contributed by atoms with Gasteiger partial charge in [0.25, 0.3) is 0 Å². The van der Waals surface area contributed by atoms with Crippen LogP contribution < -0.4 is 21.7 Å². The number of nitro benzene ring substituents is 2. The molecule has 4 N–H and O–H groups in total. The zero-order valence-corrected chi connectivity index (χ0v) is 9.73. The van der Waals surface area contributed by atoms with Gasteiger partial charge in [0.05, 0.1) is 15.9 Å². The number of rotatable bonds is 4. The number of hydrogen-bond acceptors (Lipinski definition) is 8. The van der Waals surface area contributed by atoms with E-state index in [-0.39, 0.29) is 11.4 Å². The van der Waals surface area contributed by atoms with Gasteiger partial charge in [-0.1, -0.05) is 0 Å². The fourth-order valence-corrected chi connectivity index (χ4v) is 1.41. The van der Waals surface area contributed by atoms with Crippen LogP contribution >= 0.6 is 0 Å². The minimum Gasteiger partial charge on any atom is -0.308 e. The van der Waals surface area contributed by atoms with Gasteiger partial charge in [-0.2, -0.15) is 0 Å². The van der Waals surface area contributed by atoms with E-state index in [2.05, 4.69) is 0 Å². The Labute approximate surface area is 102 Å². The Morgan fingerprint density at radius 3 is 1.50 bits per heavy atom. The summed E-state index contributed by atoms with van der Waals surface area (Å²) in [7, 11) is 2.77. The van der Waals surface area contributed by atoms with E-state index in [1.54, 1.807) is 0 Å². The quantitative estimate of drug-likeness (QED) is 0.439. The van der Waals surface area contributed by atoms with E-state index in [9.17, 15) is 20.2 Å². The van der Waals surface area contributed by atoms with Crippen molar-refractivity contribution in [2.24, 2.45) is 11.7 Å². The maximum atomic E-state index is 10.8. The Bertz CT molecular complexity index is 459. The van der Waals surface area contributed by atoms with Crippen LogP contribution in [0.4, 0.5) is 22.7 Å². The number of nitrogens with two attached hydrogens (primary N) is 2. The third-order valence-electron chi connectivity index (χ3n) is 2.23. The van der Waals surface area contributed by atoms with Crippen molar-refractivity contribution in [3.8, 4) is 0 Å². The van der Waals surface area contributed by atoms with Crippen LogP contribution in [0.3, 0.4) is 0 Å². The lowest BCUT2D eigenvalue weighted by atomic mass is 10.2. The van der Waals surface area contributed by atoms with Crippen LogP contribution in [-0.2, 0) is 0 Å². The first kappa shape index (κ1) is 13.6. The average Bonchev–Trinajstić information content (AvgIpc) is 2.26. The van der Waals surface area contributed by atoms with Gasteiger partial charge in [-0.15, -0.1) is 0 Å². The molecule has 0 heterocycles. The summed E-state index contributed by atoms with van der Waals surface area (Å²) in [5.74, 6) is 10.9. The molecule has 10 nitrogen and oxygen atoms in total. The molecule has 0 aliphatic carbocycles. The maximum absolute atomic E-state index is 10.8. The number of nitro groups is 2. The predicted molar refractivity (Wildman–Crippen MR) is 64.9 cm³/mol. The molecule has 0 saturated carbocycles. The normalized spacial score (nSPS) is 10.0. The number of benzene rings is 1. The lowest BCUT2D eigenvalue weighted by molar-refractivity contribution is -0.393. The Hall–Kier alpha value is -2.46. The summed E-state index contributed by atoms with van der Waals surface area (Å²) < 4.78 is 0. The fraction of sp³-hybridized carbons (Fsp3) is 0.250. The van der Waals surface area contributed by atoms with Gasteiger partial charge in [-0.05, 0) is 0 Å². The highest BCUT2D eigenvalue weighted by Gasteiger charge is 2.26. The maximum Gasteiger partial charge on any atom is 0.300 e. The van der Waals surface area contributed by atoms with E-state index >= 15 is 0 Å². The molecular formula is C8H12N6O4. The predicted octanol–water partition coefficient (Wildman–Crippen LogP) is 0.123. The van der Waals surface area contributed by atoms with E-state index < -0.39 is 21.2 Å². The van der Waals surface area contributed by atoms with Crippen LogP contribution in [0.2, 0.25) is 0 Å². The van der Waals surface area contributed by atoms with E-state index in [1.165, 1.54) is 20.2 Å². The summed E-state index contributed by atoms with van der Waals surface area (Å²) in [5, 5.41) is 23.7. The summed E-state index contributed by atoms with van der Waals surface area (Å²) in [4.78, 5) is 20.2. The van der Waals surface area contributed by atoms with Crippen LogP contribution in [0.25, 0.3) is 0 Å². The zero-order chi connectivity index (χ0) is 14.0. The highest BCUT2D eigenvalue weighted by atomic mass is 16.6. The Balaban J connectivity index is 3.60. The second-order valence-electron chi connectivity index (χ2n) is 3.57. The summed E-state index contributed by atoms with van der Waals surface area (Å²) in [6, 6.07) is 2.02. The molecule has 0 fully saturated rings. The van der Waals surface area contributed by atoms with Crippen molar-refractivity contribution in [2.75, 3.05) is 24.1 Å². The largest absolute Gasteiger partial charge is 0.308 e. The van der Waals surface area contributed by atoms with Crippen molar-refractivity contribution in [3.63, 3.8) is 0 Å². The van der Waals surface area contributed by atoms with Crippen molar-refractivity contribution in [1.29, 1.82) is 0 Å². The van der Waals surface area contributed by atoms with Gasteiger partial charge in [-0.25, -0.2) is 11.7 Å². The molecule has 0 atom stereocenters. The topological polar surface area (TPSA) is 145 Å². The molecule has 1 rings (SSSR count). The molecule has 0 aromatic heterocycles. The van der Waals surface area contributed by atoms with Crippen molar-refractivity contribution in [2.45, 2.75) is 0 Å². The van der Waals surface area contributed by atoms with Crippen molar-refractivity contribution in [1.82, 2.24) is 0 Å². The second-order valence-corrected chi connectivity index (χ2v) is 3.57. The highest BCUT2D eigenvalue weighted by Crippen LogP contribution is 2.37. The molecule has 0 spiro atoms. The minimum atomic E-state index is -0.744. The zero-order valence-electron chi connectivity index (χ0n) is 9.73. The molecule has 0 radical (unpaired) electrons. The van der Waals surface area contributed by atoms with Crippen LogP contribution in [0.5, 0.6) is 0 Å². The van der Waals surface area contributed by atoms with E-state index in [4.69, 9.17) is 11.7 Å². The first-order chi connectivity index (χ1) is 8.25. The average molecular weight is 256 g/mol. The molecule has 98 valence electrons. The van der Waals surface area contributed by atoms with Gasteiger partial charge < -0.3 is 10.0 Å². The molecule has 0 aliphatic heterocycles. The van der Waals surface area contributed by atoms with Gasteiger partial charge in [0.1, 0.15) is 11.4 Å². The lowest BCUT2D eigenvalue weighted by Crippen LogP contribution is -2.29. The van der Waals surface area contributed by atoms with Crippen LogP contribution in [0.15, 0.2) is 12.1 Å². The number of hydrogen-bond donors (Lipinski definition) is 2. The molecule has 0 bridgehead atoms. The smallest absolute Gasteiger partial charge is 0.300 e. The third-order valence-corrected chi connectivity index (χ3v) is 2.23. The molecule has 1 aromatic rings. The molecule has 10 heteroatoms. The molecule has 0 amide bonds. The minimum absolute atomic E-state index is 0.0258. The van der Waals surface area contributed by atoms with Gasteiger partial charge in [0.15, 0.2) is 0 Å². The molecular weight excluding hydrogens is 244 g/mol. The Kier molecular flexibility index (Phi) is 3.64. The number of anilines is 2. The summed E-state index contributed by atoms with van der Waals surface area (Å²) in [6.45, 7) is 0. The summed E-state index contributed by atoms with van der Waals surface area (Å²) in [6.07, 6.45) is 0. The Morgan fingerprint density at radius 1 is 0.944 bits per heavy atom. The summed E-state index contributed by atoms with van der Waals surface area (Å²) in [5.41, 5.74) is -0.870. The van der Waals surface area contributed by atoms with E-state index in [1.807, 2.05) is 0 Å². The van der Waals surface area contributed by atoms with Crippen LogP contribution in [0, 0.1) is 20.2 Å². The van der Waals surface area contributed by atoms with E-state index in [0.717, 1.165) is 16.1 Å². The highest BCUT2D eigenvalue weighted by molar-refractivity contribution is 5.77. The molecule has 0 unspecified atom stereocenters. The van der Waals surface area contributed by atoms with Crippen molar-refractivity contribution in [3.05, 3.63) is 32.4 Å². The van der Waals surface area contributed by atoms with Gasteiger partial charge in [-0.3, -0.25) is 20.2 Å². The SMILES string of the molecule is CN(N)c1cc(N(C)N)c([N+](=O)[O-])cc1[N+](=O)[O-]. The monoisotopic (exact) mass is 256 g/mol. The van der Waals surface area contributed by atoms with Gasteiger partial charge in [0, 0.05) is 20.2 Å². The lowest BCUT2D eigenvalue weighted by Gasteiger charge is -2.17. The number of hydrazine groups is 2. The standard InChI is InChI=1S/C8H12N6O4/c1-11(9)5-3-6(12(2)10)8(14(17)18)4-7(5)13(15)16/h3-4H,9-10H2,1-2H3. The third kappa shape index (κ3) is 2.44. The second kappa shape index (κ2) is 4.81. The van der Waals surface area contributed by atoms with E-state index in [0.29, 0.717) is 0 Å². The number of nitrogens with zero attached hydrogens (tertiary/aromatic N) is 4. The van der Waals surface area contributed by atoms with Gasteiger partial charge >= 0.3 is 11.4 Å². The fourth-order valence-electron chi connectivity index (χ4n) is 1.41. The Morgan fingerprint density at radius 2 is 1.28 bits per heavy atom. The molecule has 1 aromatic carbocycles. The first-order valence-electron chi connectivity index (χ1n) is 4.69. The van der Waals surface area contributed by atoms with Crippen molar-refractivity contribution >= 4 is 22.7 Å². The molecule has 0 saturated heterocycles. The molecule has 0 aliphatic rings. The summed E-state index contributed by atoms with van der Waals surface area (Å²) >= 11 is 0. The van der Waals surface area contributed by atoms with Crippen molar-refractivity contribution < 1.29 is 9.85 Å². The van der Waals surface area contributed by atoms with Crippen LogP contribution in [0.1, 0.15) is 0 Å².